The first-order chi connectivity index (χ1) is 9.56. The zero-order chi connectivity index (χ0) is 14.5. The van der Waals surface area contributed by atoms with Gasteiger partial charge >= 0.3 is 12.0 Å². The smallest absolute Gasteiger partial charge is 0.337 e. The summed E-state index contributed by atoms with van der Waals surface area (Å²) in [4.78, 5) is 22.6. The molecule has 0 saturated heterocycles. The molecule has 1 fully saturated rings. The van der Waals surface area contributed by atoms with E-state index in [2.05, 4.69) is 10.6 Å². The molecule has 0 heterocycles. The van der Waals surface area contributed by atoms with Gasteiger partial charge in [0.05, 0.1) is 10.6 Å². The molecule has 1 saturated carbocycles. The van der Waals surface area contributed by atoms with Crippen LogP contribution in [0.3, 0.4) is 0 Å². The molecule has 108 valence electrons. The van der Waals surface area contributed by atoms with Crippen LogP contribution in [0.2, 0.25) is 5.02 Å². The standard InChI is InChI=1S/C14H17ClN2O3/c15-12-5-4-10(8-11(12)13(18)19)17-14(20)16-7-6-9-2-1-3-9/h4-5,8-9H,1-3,6-7H2,(H,18,19)(H2,16,17,20). The third-order valence-corrected chi connectivity index (χ3v) is 3.85. The molecule has 2 amide bonds. The van der Waals surface area contributed by atoms with Gasteiger partial charge in [0.25, 0.3) is 0 Å². The van der Waals surface area contributed by atoms with Crippen molar-refractivity contribution in [2.24, 2.45) is 5.92 Å². The Morgan fingerprint density at radius 2 is 2.10 bits per heavy atom. The number of benzene rings is 1. The highest BCUT2D eigenvalue weighted by molar-refractivity contribution is 6.33. The van der Waals surface area contributed by atoms with E-state index in [1.54, 1.807) is 6.07 Å². The molecule has 3 N–H and O–H groups in total. The van der Waals surface area contributed by atoms with Crippen LogP contribution in [0, 0.1) is 5.92 Å². The van der Waals surface area contributed by atoms with Crippen LogP contribution in [-0.4, -0.2) is 23.7 Å². The molecule has 0 bridgehead atoms. The Hall–Kier alpha value is -1.75. The number of anilines is 1. The molecule has 0 aromatic heterocycles. The SMILES string of the molecule is O=C(NCCC1CCC1)Nc1ccc(Cl)c(C(=O)O)c1. The van der Waals surface area contributed by atoms with Crippen LogP contribution in [0.4, 0.5) is 10.5 Å². The van der Waals surface area contributed by atoms with Gasteiger partial charge in [-0.25, -0.2) is 9.59 Å². The van der Waals surface area contributed by atoms with E-state index in [0.29, 0.717) is 12.2 Å². The van der Waals surface area contributed by atoms with Crippen LogP contribution in [0.1, 0.15) is 36.0 Å². The van der Waals surface area contributed by atoms with Crippen molar-refractivity contribution >= 4 is 29.3 Å². The second-order valence-corrected chi connectivity index (χ2v) is 5.37. The molecular weight excluding hydrogens is 280 g/mol. The zero-order valence-electron chi connectivity index (χ0n) is 11.0. The number of hydrogen-bond donors (Lipinski definition) is 3. The van der Waals surface area contributed by atoms with E-state index in [-0.39, 0.29) is 16.6 Å². The predicted molar refractivity (Wildman–Crippen MR) is 77.4 cm³/mol. The third-order valence-electron chi connectivity index (χ3n) is 3.52. The summed E-state index contributed by atoms with van der Waals surface area (Å²) in [5, 5.41) is 14.5. The maximum absolute atomic E-state index is 11.7. The normalized spacial score (nSPS) is 14.4. The minimum Gasteiger partial charge on any atom is -0.478 e. The van der Waals surface area contributed by atoms with E-state index in [1.165, 1.54) is 31.4 Å². The Morgan fingerprint density at radius 1 is 1.35 bits per heavy atom. The number of carboxylic acids is 1. The minimum absolute atomic E-state index is 0.0288. The maximum Gasteiger partial charge on any atom is 0.337 e. The van der Waals surface area contributed by atoms with Gasteiger partial charge in [-0.3, -0.25) is 0 Å². The lowest BCUT2D eigenvalue weighted by Gasteiger charge is -2.25. The molecule has 2 rings (SSSR count). The number of rotatable bonds is 5. The number of halogens is 1. The van der Waals surface area contributed by atoms with Crippen molar-refractivity contribution in [3.63, 3.8) is 0 Å². The van der Waals surface area contributed by atoms with Gasteiger partial charge in [-0.1, -0.05) is 30.9 Å². The maximum atomic E-state index is 11.7. The molecule has 1 aliphatic rings. The van der Waals surface area contributed by atoms with Gasteiger partial charge in [0.2, 0.25) is 0 Å². The highest BCUT2D eigenvalue weighted by Gasteiger charge is 2.17. The number of carbonyl (C=O) groups is 2. The number of amides is 2. The lowest BCUT2D eigenvalue weighted by atomic mass is 9.83. The van der Waals surface area contributed by atoms with E-state index in [0.717, 1.165) is 12.3 Å². The number of hydrogen-bond acceptors (Lipinski definition) is 2. The highest BCUT2D eigenvalue weighted by atomic mass is 35.5. The quantitative estimate of drug-likeness (QED) is 0.779. The lowest BCUT2D eigenvalue weighted by molar-refractivity contribution is 0.0697. The van der Waals surface area contributed by atoms with Gasteiger partial charge in [-0.05, 0) is 30.5 Å². The van der Waals surface area contributed by atoms with Gasteiger partial charge < -0.3 is 15.7 Å². The Morgan fingerprint density at radius 3 is 2.70 bits per heavy atom. The van der Waals surface area contributed by atoms with Crippen molar-refractivity contribution in [2.75, 3.05) is 11.9 Å². The number of nitrogens with one attached hydrogen (secondary N) is 2. The molecule has 1 aliphatic carbocycles. The van der Waals surface area contributed by atoms with Crippen molar-refractivity contribution in [2.45, 2.75) is 25.7 Å². The van der Waals surface area contributed by atoms with Crippen LogP contribution >= 0.6 is 11.6 Å². The summed E-state index contributed by atoms with van der Waals surface area (Å²) in [6.45, 7) is 0.635. The van der Waals surface area contributed by atoms with Gasteiger partial charge in [-0.2, -0.15) is 0 Å². The van der Waals surface area contributed by atoms with E-state index in [9.17, 15) is 9.59 Å². The zero-order valence-corrected chi connectivity index (χ0v) is 11.7. The summed E-state index contributed by atoms with van der Waals surface area (Å²) < 4.78 is 0. The van der Waals surface area contributed by atoms with Gasteiger partial charge in [0, 0.05) is 12.2 Å². The molecule has 0 unspecified atom stereocenters. The van der Waals surface area contributed by atoms with E-state index < -0.39 is 5.97 Å². The van der Waals surface area contributed by atoms with Gasteiger partial charge in [-0.15, -0.1) is 0 Å². The molecular formula is C14H17ClN2O3. The summed E-state index contributed by atoms with van der Waals surface area (Å²) in [5.74, 6) is -0.381. The van der Waals surface area contributed by atoms with Crippen molar-refractivity contribution in [3.8, 4) is 0 Å². The molecule has 6 heteroatoms. The molecule has 1 aromatic carbocycles. The number of urea groups is 1. The number of carbonyl (C=O) groups excluding carboxylic acids is 1. The average molecular weight is 297 g/mol. The molecule has 1 aromatic rings. The topological polar surface area (TPSA) is 78.4 Å². The minimum atomic E-state index is -1.12. The molecule has 0 radical (unpaired) electrons. The van der Waals surface area contributed by atoms with E-state index in [1.807, 2.05) is 0 Å². The molecule has 20 heavy (non-hydrogen) atoms. The largest absolute Gasteiger partial charge is 0.478 e. The monoisotopic (exact) mass is 296 g/mol. The third kappa shape index (κ3) is 3.87. The van der Waals surface area contributed by atoms with Gasteiger partial charge in [0.1, 0.15) is 0 Å². The molecule has 0 spiro atoms. The second kappa shape index (κ2) is 6.61. The first kappa shape index (κ1) is 14.7. The van der Waals surface area contributed by atoms with Crippen LogP contribution < -0.4 is 10.6 Å². The number of aromatic carboxylic acids is 1. The summed E-state index contributed by atoms with van der Waals surface area (Å²) in [6.07, 6.45) is 4.79. The first-order valence-corrected chi connectivity index (χ1v) is 7.02. The van der Waals surface area contributed by atoms with Crippen molar-refractivity contribution in [1.82, 2.24) is 5.32 Å². The van der Waals surface area contributed by atoms with Crippen molar-refractivity contribution < 1.29 is 14.7 Å². The summed E-state index contributed by atoms with van der Waals surface area (Å²) in [5.41, 5.74) is 0.381. The summed E-state index contributed by atoms with van der Waals surface area (Å²) in [6, 6.07) is 4.04. The lowest BCUT2D eigenvalue weighted by Crippen LogP contribution is -2.31. The van der Waals surface area contributed by atoms with Crippen molar-refractivity contribution in [3.05, 3.63) is 28.8 Å². The van der Waals surface area contributed by atoms with Crippen molar-refractivity contribution in [1.29, 1.82) is 0 Å². The Bertz CT molecular complexity index is 515. The Kier molecular flexibility index (Phi) is 4.84. The Labute approximate surface area is 122 Å². The summed E-state index contributed by atoms with van der Waals surface area (Å²) >= 11 is 5.76. The van der Waals surface area contributed by atoms with Crippen LogP contribution in [0.25, 0.3) is 0 Å². The highest BCUT2D eigenvalue weighted by Crippen LogP contribution is 2.28. The Balaban J connectivity index is 1.83. The number of carboxylic acid groups (broad SMARTS) is 1. The van der Waals surface area contributed by atoms with E-state index >= 15 is 0 Å². The molecule has 5 nitrogen and oxygen atoms in total. The first-order valence-electron chi connectivity index (χ1n) is 6.64. The van der Waals surface area contributed by atoms with Crippen LogP contribution in [0.15, 0.2) is 18.2 Å². The van der Waals surface area contributed by atoms with E-state index in [4.69, 9.17) is 16.7 Å². The van der Waals surface area contributed by atoms with Crippen LogP contribution in [-0.2, 0) is 0 Å². The predicted octanol–water partition coefficient (Wildman–Crippen LogP) is 3.35. The molecule has 0 aliphatic heterocycles. The fraction of sp³-hybridized carbons (Fsp3) is 0.429. The van der Waals surface area contributed by atoms with Gasteiger partial charge in [0.15, 0.2) is 0 Å². The fourth-order valence-electron chi connectivity index (χ4n) is 2.11. The summed E-state index contributed by atoms with van der Waals surface area (Å²) in [7, 11) is 0. The average Bonchev–Trinajstić information content (AvgIpc) is 2.34. The van der Waals surface area contributed by atoms with Crippen LogP contribution in [0.5, 0.6) is 0 Å². The molecule has 0 atom stereocenters. The fourth-order valence-corrected chi connectivity index (χ4v) is 2.31. The second-order valence-electron chi connectivity index (χ2n) is 4.97.